The number of hydrazine groups is 1. The third kappa shape index (κ3) is 11.2. The van der Waals surface area contributed by atoms with Crippen LogP contribution in [-0.4, -0.2) is 109 Å². The van der Waals surface area contributed by atoms with Crippen LogP contribution >= 0.6 is 11.3 Å². The van der Waals surface area contributed by atoms with E-state index in [-0.39, 0.29) is 42.5 Å². The van der Waals surface area contributed by atoms with E-state index < -0.39 is 12.1 Å². The lowest BCUT2D eigenvalue weighted by atomic mass is 10.0. The molecule has 68 heavy (non-hydrogen) atoms. The maximum absolute atomic E-state index is 14.1. The van der Waals surface area contributed by atoms with Crippen LogP contribution in [-0.2, 0) is 20.9 Å². The number of aromatic nitrogens is 5. The topological polar surface area (TPSA) is 164 Å². The van der Waals surface area contributed by atoms with Gasteiger partial charge in [0.25, 0.3) is 0 Å². The summed E-state index contributed by atoms with van der Waals surface area (Å²) in [5.41, 5.74) is 11.0. The number of nitrogens with zero attached hydrogens (tertiary/aromatic N) is 9. The van der Waals surface area contributed by atoms with E-state index in [1.165, 1.54) is 6.07 Å². The fourth-order valence-electron chi connectivity index (χ4n) is 9.71. The van der Waals surface area contributed by atoms with Gasteiger partial charge in [0, 0.05) is 65.1 Å². The summed E-state index contributed by atoms with van der Waals surface area (Å²) in [5.74, 6) is 1.23. The predicted octanol–water partition coefficient (Wildman–Crippen LogP) is 7.26. The van der Waals surface area contributed by atoms with Gasteiger partial charge in [-0.05, 0) is 85.7 Å². The lowest BCUT2D eigenvalue weighted by Crippen LogP contribution is -2.51. The van der Waals surface area contributed by atoms with Gasteiger partial charge in [0.05, 0.1) is 40.1 Å². The minimum atomic E-state index is -0.694. The summed E-state index contributed by atoms with van der Waals surface area (Å²) in [7, 11) is 0. The zero-order chi connectivity index (χ0) is 47.0. The zero-order valence-corrected chi connectivity index (χ0v) is 39.4. The molecule has 0 spiro atoms. The molecule has 0 bridgehead atoms. The Morgan fingerprint density at radius 3 is 2.41 bits per heavy atom. The summed E-state index contributed by atoms with van der Waals surface area (Å²) in [6.45, 7) is 6.05. The van der Waals surface area contributed by atoms with E-state index in [4.69, 9.17) is 10.1 Å². The first kappa shape index (κ1) is 46.8. The second kappa shape index (κ2) is 21.8. The Kier molecular flexibility index (Phi) is 15.0. The minimum absolute atomic E-state index is 0.0534. The molecule has 17 heteroatoms. The Bertz CT molecular complexity index is 2690. The van der Waals surface area contributed by atoms with Crippen molar-refractivity contribution in [2.45, 2.75) is 102 Å². The van der Waals surface area contributed by atoms with Crippen molar-refractivity contribution < 1.29 is 23.9 Å². The lowest BCUT2D eigenvalue weighted by molar-refractivity contribution is -0.132. The number of hydrogen-bond acceptors (Lipinski definition) is 12. The number of anilines is 2. The Hall–Kier alpha value is -6.30. The third-order valence-corrected chi connectivity index (χ3v) is 14.4. The first-order valence-electron chi connectivity index (χ1n) is 24.0. The van der Waals surface area contributed by atoms with Crippen molar-refractivity contribution in [2.75, 3.05) is 49.1 Å². The first-order chi connectivity index (χ1) is 33.2. The molecule has 9 rings (SSSR count). The Morgan fingerprint density at radius 2 is 1.63 bits per heavy atom. The van der Waals surface area contributed by atoms with Crippen LogP contribution in [0, 0.1) is 12.7 Å². The smallest absolute Gasteiger partial charge is 0.239 e. The number of unbranched alkanes of at least 4 members (excludes halogenated alkanes) is 5. The Labute approximate surface area is 400 Å². The van der Waals surface area contributed by atoms with E-state index in [0.717, 1.165) is 114 Å². The average molecular weight is 942 g/mol. The van der Waals surface area contributed by atoms with E-state index in [9.17, 15) is 23.9 Å². The number of pyridine rings is 1. The molecule has 4 aromatic heterocycles. The first-order valence-corrected chi connectivity index (χ1v) is 24.9. The molecule has 3 N–H and O–H groups in total. The summed E-state index contributed by atoms with van der Waals surface area (Å²) in [6.07, 6.45) is 9.56. The van der Waals surface area contributed by atoms with E-state index in [0.29, 0.717) is 45.6 Å². The quantitative estimate of drug-likeness (QED) is 0.0744. The van der Waals surface area contributed by atoms with E-state index >= 15 is 0 Å². The Morgan fingerprint density at radius 1 is 0.853 bits per heavy atom. The third-order valence-electron chi connectivity index (χ3n) is 13.4. The number of β-amino-alcohol motifs (C(OH)–C–C–N with tert-alkyl or cyclic N) is 1. The van der Waals surface area contributed by atoms with Crippen LogP contribution in [0.15, 0.2) is 90.6 Å². The van der Waals surface area contributed by atoms with Gasteiger partial charge in [0.15, 0.2) is 5.65 Å². The Balaban J connectivity index is 0.658. The summed E-state index contributed by atoms with van der Waals surface area (Å²) in [6, 6.07) is 24.2. The van der Waals surface area contributed by atoms with Gasteiger partial charge in [-0.15, -0.1) is 16.4 Å². The lowest BCUT2D eigenvalue weighted by Gasteiger charge is -2.35. The molecule has 7 heterocycles. The second-order valence-electron chi connectivity index (χ2n) is 18.2. The largest absolute Gasteiger partial charge is 0.392 e. The van der Waals surface area contributed by atoms with Crippen LogP contribution in [0.3, 0.4) is 0 Å². The second-order valence-corrected chi connectivity index (χ2v) is 19.0. The van der Waals surface area contributed by atoms with Crippen LogP contribution in [0.4, 0.5) is 16.0 Å². The monoisotopic (exact) mass is 941 g/mol. The zero-order valence-electron chi connectivity index (χ0n) is 38.6. The molecule has 2 aromatic carbocycles. The molecule has 0 saturated carbocycles. The van der Waals surface area contributed by atoms with Crippen LogP contribution in [0.5, 0.6) is 0 Å². The van der Waals surface area contributed by atoms with Crippen molar-refractivity contribution in [1.29, 1.82) is 0 Å². The molecule has 3 atom stereocenters. The molecule has 3 amide bonds. The van der Waals surface area contributed by atoms with Crippen molar-refractivity contribution in [3.05, 3.63) is 113 Å². The number of hydrogen-bond donors (Lipinski definition) is 3. The molecule has 3 saturated heterocycles. The highest BCUT2D eigenvalue weighted by molar-refractivity contribution is 7.13. The number of rotatable bonds is 18. The van der Waals surface area contributed by atoms with Crippen molar-refractivity contribution in [3.8, 4) is 21.8 Å². The van der Waals surface area contributed by atoms with Crippen molar-refractivity contribution in [3.63, 3.8) is 0 Å². The van der Waals surface area contributed by atoms with Crippen LogP contribution < -0.4 is 20.5 Å². The number of amides is 3. The highest BCUT2D eigenvalue weighted by Gasteiger charge is 2.37. The number of carbonyl (C=O) groups is 3. The van der Waals surface area contributed by atoms with Crippen molar-refractivity contribution in [1.82, 2.24) is 45.2 Å². The minimum Gasteiger partial charge on any atom is -0.392 e. The van der Waals surface area contributed by atoms with Gasteiger partial charge >= 0.3 is 0 Å². The molecule has 3 fully saturated rings. The van der Waals surface area contributed by atoms with Gasteiger partial charge in [0.2, 0.25) is 17.7 Å². The van der Waals surface area contributed by atoms with Crippen LogP contribution in [0.1, 0.15) is 93.5 Å². The molecule has 0 unspecified atom stereocenters. The predicted molar refractivity (Wildman–Crippen MR) is 261 cm³/mol. The van der Waals surface area contributed by atoms with Gasteiger partial charge in [-0.1, -0.05) is 68.1 Å². The number of thiazole rings is 1. The highest BCUT2D eigenvalue weighted by Crippen LogP contribution is 2.36. The fraction of sp³-hybridized carbons (Fsp3) is 0.431. The molecule has 6 aromatic rings. The van der Waals surface area contributed by atoms with Crippen LogP contribution in [0.2, 0.25) is 0 Å². The number of imidazole rings is 1. The highest BCUT2D eigenvalue weighted by atomic mass is 32.1. The standard InChI is InChI=1S/C51H60FN11O4S/c1-35-50(68-34-55-35)37-20-18-36(19-21-37)31-54-51(67)43-30-40(64)33-62(43)58-48(65)16-6-4-2-3-5-7-17-49(66)60-27-25-59(26-28-60)46-15-9-13-41(56-46)44-32-53-45-22-23-47(57-63(44)45)61-24-10-14-42(61)38-11-8-12-39(52)29-38/h8-9,11-13,15,18-23,29,32,34,40,42-43,64H,2-7,10,14,16-17,24-28,30-31,33H2,1H3,(H,54,67)(H,58,65)/t40-,42-,43+/m1/s1. The molecule has 3 aliphatic heterocycles. The molecular weight excluding hydrogens is 882 g/mol. The number of nitrogens with one attached hydrogen (secondary N) is 2. The number of aryl methyl sites for hydroxylation is 1. The van der Waals surface area contributed by atoms with E-state index in [1.807, 2.05) is 82.5 Å². The molecule has 0 radical (unpaired) electrons. The number of carbonyl (C=O) groups excluding carboxylic acids is 3. The fourth-order valence-corrected chi connectivity index (χ4v) is 10.5. The maximum Gasteiger partial charge on any atom is 0.239 e. The summed E-state index contributed by atoms with van der Waals surface area (Å²) >= 11 is 1.60. The molecule has 0 aliphatic carbocycles. The number of benzene rings is 2. The number of piperazine rings is 1. The molecule has 3 aliphatic rings. The van der Waals surface area contributed by atoms with Gasteiger partial charge < -0.3 is 25.1 Å². The molecule has 15 nitrogen and oxygen atoms in total. The molecular formula is C51H60FN11O4S. The summed E-state index contributed by atoms with van der Waals surface area (Å²) < 4.78 is 16.0. The van der Waals surface area contributed by atoms with Gasteiger partial charge in [-0.2, -0.15) is 0 Å². The van der Waals surface area contributed by atoms with Crippen molar-refractivity contribution >= 4 is 46.3 Å². The summed E-state index contributed by atoms with van der Waals surface area (Å²) in [4.78, 5) is 60.7. The van der Waals surface area contributed by atoms with Gasteiger partial charge in [0.1, 0.15) is 29.2 Å². The van der Waals surface area contributed by atoms with Gasteiger partial charge in [-0.3, -0.25) is 19.8 Å². The number of aliphatic hydroxyl groups excluding tert-OH is 1. The SMILES string of the molecule is Cc1ncsc1-c1ccc(CNC(=O)[C@@H]2C[C@@H](O)CN2NC(=O)CCCCCCCCC(=O)N2CCN(c3cccc(-c4cnc5ccc(N6CCC[C@@H]6c6cccc(F)c6)nn45)n3)CC2)cc1. The maximum atomic E-state index is 14.1. The van der Waals surface area contributed by atoms with E-state index in [1.54, 1.807) is 34.7 Å². The molecule has 356 valence electrons. The number of aliphatic hydroxyl groups is 1. The summed E-state index contributed by atoms with van der Waals surface area (Å²) in [5, 5.41) is 19.9. The van der Waals surface area contributed by atoms with Crippen molar-refractivity contribution in [2.24, 2.45) is 0 Å². The van der Waals surface area contributed by atoms with Gasteiger partial charge in [-0.25, -0.2) is 28.9 Å². The average Bonchev–Trinajstić information content (AvgIpc) is 4.19. The number of fused-ring (bicyclic) bond motifs is 1. The van der Waals surface area contributed by atoms with Crippen LogP contribution in [0.25, 0.3) is 27.5 Å². The number of halogens is 1. The normalized spacial score (nSPS) is 18.7. The van der Waals surface area contributed by atoms with E-state index in [2.05, 4.69) is 30.5 Å².